The highest BCUT2D eigenvalue weighted by molar-refractivity contribution is 6.33. The summed E-state index contributed by atoms with van der Waals surface area (Å²) in [7, 11) is 0. The Balaban J connectivity index is 3.06. The van der Waals surface area contributed by atoms with Crippen molar-refractivity contribution < 1.29 is 15.0 Å². The molecule has 0 bridgehead atoms. The van der Waals surface area contributed by atoms with Crippen molar-refractivity contribution in [3.8, 4) is 11.8 Å². The molecule has 1 aromatic rings. The second-order valence-electron chi connectivity index (χ2n) is 2.46. The summed E-state index contributed by atoms with van der Waals surface area (Å²) in [6, 6.07) is 4.37. The maximum atomic E-state index is 10.6. The lowest BCUT2D eigenvalue weighted by Gasteiger charge is -1.98. The van der Waals surface area contributed by atoms with Crippen molar-refractivity contribution >= 4 is 17.6 Å². The van der Waals surface area contributed by atoms with Gasteiger partial charge in [-0.2, -0.15) is 0 Å². The number of hydrogen-bond acceptors (Lipinski definition) is 2. The molecule has 0 spiro atoms. The highest BCUT2D eigenvalue weighted by Crippen LogP contribution is 2.17. The fourth-order valence-electron chi connectivity index (χ4n) is 0.908. The van der Waals surface area contributed by atoms with Crippen molar-refractivity contribution in [2.24, 2.45) is 0 Å². The number of benzene rings is 1. The first-order valence-corrected chi connectivity index (χ1v) is 4.15. The number of halogens is 1. The highest BCUT2D eigenvalue weighted by Gasteiger charge is 2.07. The standard InChI is InChI=1S/C10H7ClO3/c11-9-6-7(2-1-5-12)3-4-8(9)10(13)14/h3-4,6,12H,5H2,(H,13,14). The summed E-state index contributed by atoms with van der Waals surface area (Å²) in [4.78, 5) is 10.6. The Hall–Kier alpha value is -1.50. The van der Waals surface area contributed by atoms with Crippen LogP contribution in [0.3, 0.4) is 0 Å². The van der Waals surface area contributed by atoms with Gasteiger partial charge >= 0.3 is 5.97 Å². The largest absolute Gasteiger partial charge is 0.478 e. The maximum absolute atomic E-state index is 10.6. The Bertz CT molecular complexity index is 415. The van der Waals surface area contributed by atoms with Crippen molar-refractivity contribution in [3.05, 3.63) is 34.3 Å². The predicted molar refractivity (Wildman–Crippen MR) is 52.4 cm³/mol. The normalized spacial score (nSPS) is 9.00. The van der Waals surface area contributed by atoms with E-state index in [1.54, 1.807) is 0 Å². The lowest BCUT2D eigenvalue weighted by molar-refractivity contribution is 0.0697. The van der Waals surface area contributed by atoms with E-state index in [2.05, 4.69) is 11.8 Å². The molecule has 4 heteroatoms. The molecular formula is C10H7ClO3. The first-order chi connectivity index (χ1) is 6.65. The predicted octanol–water partition coefficient (Wildman–Crippen LogP) is 1.38. The van der Waals surface area contributed by atoms with Gasteiger partial charge in [0.2, 0.25) is 0 Å². The number of carboxylic acids is 1. The van der Waals surface area contributed by atoms with E-state index in [0.29, 0.717) is 5.56 Å². The first-order valence-electron chi connectivity index (χ1n) is 3.77. The monoisotopic (exact) mass is 210 g/mol. The molecular weight excluding hydrogens is 204 g/mol. The summed E-state index contributed by atoms with van der Waals surface area (Å²) < 4.78 is 0. The van der Waals surface area contributed by atoms with Crippen LogP contribution in [0.5, 0.6) is 0 Å². The minimum Gasteiger partial charge on any atom is -0.478 e. The Morgan fingerprint density at radius 3 is 2.71 bits per heavy atom. The van der Waals surface area contributed by atoms with Crippen LogP contribution in [0.25, 0.3) is 0 Å². The van der Waals surface area contributed by atoms with Crippen LogP contribution in [0.4, 0.5) is 0 Å². The van der Waals surface area contributed by atoms with Gasteiger partial charge in [-0.3, -0.25) is 0 Å². The number of aliphatic hydroxyl groups excluding tert-OH is 1. The van der Waals surface area contributed by atoms with Crippen LogP contribution >= 0.6 is 11.6 Å². The SMILES string of the molecule is O=C(O)c1ccc(C#CCO)cc1Cl. The molecule has 0 atom stereocenters. The minimum atomic E-state index is -1.07. The highest BCUT2D eigenvalue weighted by atomic mass is 35.5. The fourth-order valence-corrected chi connectivity index (χ4v) is 1.17. The lowest BCUT2D eigenvalue weighted by Crippen LogP contribution is -1.97. The van der Waals surface area contributed by atoms with E-state index in [9.17, 15) is 4.79 Å². The van der Waals surface area contributed by atoms with Crippen molar-refractivity contribution in [1.29, 1.82) is 0 Å². The van der Waals surface area contributed by atoms with E-state index in [0.717, 1.165) is 0 Å². The van der Waals surface area contributed by atoms with E-state index in [-0.39, 0.29) is 17.2 Å². The molecule has 0 saturated heterocycles. The molecule has 0 aliphatic heterocycles. The van der Waals surface area contributed by atoms with E-state index in [1.165, 1.54) is 18.2 Å². The average molecular weight is 211 g/mol. The third-order valence-electron chi connectivity index (χ3n) is 1.51. The van der Waals surface area contributed by atoms with Gasteiger partial charge in [-0.15, -0.1) is 0 Å². The van der Waals surface area contributed by atoms with E-state index in [4.69, 9.17) is 21.8 Å². The fraction of sp³-hybridized carbons (Fsp3) is 0.100. The van der Waals surface area contributed by atoms with Gasteiger partial charge in [0.1, 0.15) is 6.61 Å². The van der Waals surface area contributed by atoms with Gasteiger partial charge in [0.05, 0.1) is 10.6 Å². The van der Waals surface area contributed by atoms with Crippen molar-refractivity contribution in [1.82, 2.24) is 0 Å². The Morgan fingerprint density at radius 1 is 1.50 bits per heavy atom. The molecule has 0 amide bonds. The van der Waals surface area contributed by atoms with Crippen LogP contribution in [0.1, 0.15) is 15.9 Å². The number of carboxylic acid groups (broad SMARTS) is 1. The molecule has 14 heavy (non-hydrogen) atoms. The Labute approximate surface area is 85.9 Å². The molecule has 1 rings (SSSR count). The molecule has 0 aliphatic rings. The van der Waals surface area contributed by atoms with Crippen LogP contribution in [0.2, 0.25) is 5.02 Å². The molecule has 2 N–H and O–H groups in total. The third-order valence-corrected chi connectivity index (χ3v) is 1.82. The van der Waals surface area contributed by atoms with Crippen LogP contribution < -0.4 is 0 Å². The van der Waals surface area contributed by atoms with Crippen LogP contribution in [-0.4, -0.2) is 22.8 Å². The summed E-state index contributed by atoms with van der Waals surface area (Å²) >= 11 is 5.69. The third kappa shape index (κ3) is 2.49. The van der Waals surface area contributed by atoms with Crippen molar-refractivity contribution in [2.75, 3.05) is 6.61 Å². The quantitative estimate of drug-likeness (QED) is 0.689. The first kappa shape index (κ1) is 10.6. The number of aliphatic hydroxyl groups is 1. The second-order valence-corrected chi connectivity index (χ2v) is 2.87. The van der Waals surface area contributed by atoms with Gasteiger partial charge in [-0.05, 0) is 18.2 Å². The van der Waals surface area contributed by atoms with Gasteiger partial charge in [-0.1, -0.05) is 23.4 Å². The number of aromatic carboxylic acids is 1. The summed E-state index contributed by atoms with van der Waals surface area (Å²) in [5, 5.41) is 17.3. The van der Waals surface area contributed by atoms with Crippen LogP contribution in [0, 0.1) is 11.8 Å². The summed E-state index contributed by atoms with van der Waals surface area (Å²) in [6.07, 6.45) is 0. The van der Waals surface area contributed by atoms with Crippen molar-refractivity contribution in [3.63, 3.8) is 0 Å². The molecule has 0 radical (unpaired) electrons. The van der Waals surface area contributed by atoms with Crippen LogP contribution in [0.15, 0.2) is 18.2 Å². The zero-order chi connectivity index (χ0) is 10.6. The van der Waals surface area contributed by atoms with Gasteiger partial charge in [0.25, 0.3) is 0 Å². The smallest absolute Gasteiger partial charge is 0.337 e. The molecule has 0 unspecified atom stereocenters. The van der Waals surface area contributed by atoms with E-state index < -0.39 is 5.97 Å². The van der Waals surface area contributed by atoms with Crippen molar-refractivity contribution in [2.45, 2.75) is 0 Å². The summed E-state index contributed by atoms with van der Waals surface area (Å²) in [5.74, 6) is 3.99. The van der Waals surface area contributed by atoms with E-state index >= 15 is 0 Å². The number of carbonyl (C=O) groups is 1. The molecule has 1 aromatic carbocycles. The lowest BCUT2D eigenvalue weighted by atomic mass is 10.1. The Morgan fingerprint density at radius 2 is 2.21 bits per heavy atom. The second kappa shape index (κ2) is 4.66. The van der Waals surface area contributed by atoms with Crippen LogP contribution in [-0.2, 0) is 0 Å². The zero-order valence-corrected chi connectivity index (χ0v) is 7.88. The topological polar surface area (TPSA) is 57.5 Å². The average Bonchev–Trinajstić information content (AvgIpc) is 2.14. The number of hydrogen-bond donors (Lipinski definition) is 2. The minimum absolute atomic E-state index is 0.0428. The molecule has 0 aliphatic carbocycles. The molecule has 3 nitrogen and oxygen atoms in total. The van der Waals surface area contributed by atoms with E-state index in [1.807, 2.05) is 0 Å². The molecule has 0 saturated carbocycles. The van der Waals surface area contributed by atoms with Gasteiger partial charge in [0, 0.05) is 5.56 Å². The number of rotatable bonds is 1. The summed E-state index contributed by atoms with van der Waals surface area (Å²) in [5.41, 5.74) is 0.621. The van der Waals surface area contributed by atoms with Gasteiger partial charge in [0.15, 0.2) is 0 Å². The maximum Gasteiger partial charge on any atom is 0.337 e. The zero-order valence-electron chi connectivity index (χ0n) is 7.12. The van der Waals surface area contributed by atoms with Gasteiger partial charge < -0.3 is 10.2 Å². The Kier molecular flexibility index (Phi) is 3.52. The molecule has 0 heterocycles. The summed E-state index contributed by atoms with van der Waals surface area (Å²) in [6.45, 7) is -0.238. The molecule has 0 aromatic heterocycles. The molecule has 72 valence electrons. The van der Waals surface area contributed by atoms with Gasteiger partial charge in [-0.25, -0.2) is 4.79 Å². The molecule has 0 fully saturated rings.